The van der Waals surface area contributed by atoms with Gasteiger partial charge in [0, 0.05) is 18.8 Å². The van der Waals surface area contributed by atoms with Crippen LogP contribution in [0.5, 0.6) is 0 Å². The first-order valence-corrected chi connectivity index (χ1v) is 9.11. The maximum Gasteiger partial charge on any atom is 0.307 e. The van der Waals surface area contributed by atoms with Crippen molar-refractivity contribution in [2.75, 3.05) is 29.5 Å². The molecule has 0 saturated heterocycles. The van der Waals surface area contributed by atoms with Crippen LogP contribution in [0.25, 0.3) is 0 Å². The fourth-order valence-electron chi connectivity index (χ4n) is 4.13. The summed E-state index contributed by atoms with van der Waals surface area (Å²) in [7, 11) is 0. The lowest BCUT2D eigenvalue weighted by molar-refractivity contribution is -0.142. The topological polar surface area (TPSA) is 32.8 Å². The summed E-state index contributed by atoms with van der Waals surface area (Å²) < 4.78 is 5.13. The van der Waals surface area contributed by atoms with Crippen LogP contribution in [-0.2, 0) is 16.0 Å². The van der Waals surface area contributed by atoms with Crippen LogP contribution < -0.4 is 9.80 Å². The van der Waals surface area contributed by atoms with Gasteiger partial charge in [-0.25, -0.2) is 0 Å². The van der Waals surface area contributed by atoms with Gasteiger partial charge in [0.1, 0.15) is 0 Å². The van der Waals surface area contributed by atoms with E-state index in [1.54, 1.807) is 0 Å². The molecule has 0 bridgehead atoms. The molecule has 130 valence electrons. The van der Waals surface area contributed by atoms with Crippen LogP contribution >= 0.6 is 0 Å². The smallest absolute Gasteiger partial charge is 0.307 e. The summed E-state index contributed by atoms with van der Waals surface area (Å²) in [6, 6.07) is 15.4. The van der Waals surface area contributed by atoms with Crippen LogP contribution in [0.15, 0.2) is 42.5 Å². The Kier molecular flexibility index (Phi) is 4.12. The second kappa shape index (κ2) is 6.43. The van der Waals surface area contributed by atoms with Crippen molar-refractivity contribution in [1.82, 2.24) is 0 Å². The second-order valence-corrected chi connectivity index (χ2v) is 6.67. The first kappa shape index (κ1) is 16.0. The normalized spacial score (nSPS) is 17.8. The molecule has 0 N–H and O–H groups in total. The number of rotatable bonds is 4. The van der Waals surface area contributed by atoms with Crippen LogP contribution in [0, 0.1) is 0 Å². The van der Waals surface area contributed by atoms with Crippen molar-refractivity contribution in [2.45, 2.75) is 32.7 Å². The molecule has 0 spiro atoms. The van der Waals surface area contributed by atoms with Crippen LogP contribution in [0.1, 0.15) is 37.4 Å². The quantitative estimate of drug-likeness (QED) is 0.783. The number of para-hydroxylation sites is 3. The van der Waals surface area contributed by atoms with E-state index in [4.69, 9.17) is 4.74 Å². The molecule has 25 heavy (non-hydrogen) atoms. The van der Waals surface area contributed by atoms with E-state index in [1.165, 1.54) is 28.2 Å². The first-order chi connectivity index (χ1) is 12.2. The number of nitrogens with zero attached hydrogens (tertiary/aromatic N) is 2. The zero-order valence-electron chi connectivity index (χ0n) is 14.9. The van der Waals surface area contributed by atoms with Crippen molar-refractivity contribution in [2.24, 2.45) is 0 Å². The van der Waals surface area contributed by atoms with Crippen LogP contribution in [0.3, 0.4) is 0 Å². The number of hydrogen-bond donors (Lipinski definition) is 0. The van der Waals surface area contributed by atoms with Crippen molar-refractivity contribution in [3.63, 3.8) is 0 Å². The van der Waals surface area contributed by atoms with Gasteiger partial charge in [0.25, 0.3) is 0 Å². The van der Waals surface area contributed by atoms with Gasteiger partial charge in [-0.2, -0.15) is 0 Å². The molecule has 2 heterocycles. The minimum absolute atomic E-state index is 0.130. The van der Waals surface area contributed by atoms with Gasteiger partial charge in [-0.15, -0.1) is 0 Å². The number of ether oxygens (including phenoxy) is 1. The summed E-state index contributed by atoms with van der Waals surface area (Å²) in [6.07, 6.45) is 1.49. The number of fused-ring (bicyclic) bond motifs is 2. The Bertz CT molecular complexity index is 802. The molecule has 0 fully saturated rings. The van der Waals surface area contributed by atoms with E-state index in [-0.39, 0.29) is 12.0 Å². The maximum absolute atomic E-state index is 11.9. The third-order valence-corrected chi connectivity index (χ3v) is 5.29. The molecule has 0 radical (unpaired) electrons. The Balaban J connectivity index is 1.77. The van der Waals surface area contributed by atoms with E-state index in [1.807, 2.05) is 6.92 Å². The lowest BCUT2D eigenvalue weighted by Crippen LogP contribution is -2.29. The molecule has 4 rings (SSSR count). The molecule has 2 aromatic carbocycles. The third-order valence-electron chi connectivity index (χ3n) is 5.29. The van der Waals surface area contributed by atoms with Gasteiger partial charge in [0.15, 0.2) is 0 Å². The number of benzene rings is 2. The fourth-order valence-corrected chi connectivity index (χ4v) is 4.13. The molecule has 4 heteroatoms. The Morgan fingerprint density at radius 3 is 2.76 bits per heavy atom. The Hall–Kier alpha value is -2.49. The van der Waals surface area contributed by atoms with Crippen molar-refractivity contribution in [1.29, 1.82) is 0 Å². The second-order valence-electron chi connectivity index (χ2n) is 6.67. The van der Waals surface area contributed by atoms with E-state index in [9.17, 15) is 4.79 Å². The first-order valence-electron chi connectivity index (χ1n) is 9.11. The molecule has 0 saturated carbocycles. The van der Waals surface area contributed by atoms with Gasteiger partial charge < -0.3 is 14.5 Å². The van der Waals surface area contributed by atoms with E-state index < -0.39 is 0 Å². The minimum Gasteiger partial charge on any atom is -0.466 e. The summed E-state index contributed by atoms with van der Waals surface area (Å²) in [5, 5.41) is 0. The zero-order chi connectivity index (χ0) is 17.4. The number of esters is 1. The summed E-state index contributed by atoms with van der Waals surface area (Å²) in [5.74, 6) is -0.130. The van der Waals surface area contributed by atoms with E-state index in [0.29, 0.717) is 19.6 Å². The molecular formula is C21H24N2O2. The predicted molar refractivity (Wildman–Crippen MR) is 101 cm³/mol. The number of hydrogen-bond acceptors (Lipinski definition) is 4. The highest BCUT2D eigenvalue weighted by atomic mass is 16.5. The van der Waals surface area contributed by atoms with Crippen molar-refractivity contribution in [3.8, 4) is 0 Å². The highest BCUT2D eigenvalue weighted by Gasteiger charge is 2.33. The average molecular weight is 336 g/mol. The highest BCUT2D eigenvalue weighted by Crippen LogP contribution is 2.48. The molecule has 2 aromatic rings. The Morgan fingerprint density at radius 1 is 1.16 bits per heavy atom. The standard InChI is InChI=1S/C21H24N2O2/c1-3-25-20(24)12-14-22-15(2)17-8-6-7-16-11-13-23(21(16)17)19-10-5-4-9-18(19)22/h4-10,15H,3,11-14H2,1-2H3. The molecule has 2 aliphatic rings. The largest absolute Gasteiger partial charge is 0.466 e. The summed E-state index contributed by atoms with van der Waals surface area (Å²) >= 11 is 0. The molecule has 1 atom stereocenters. The lowest BCUT2D eigenvalue weighted by atomic mass is 10.0. The average Bonchev–Trinajstić information content (AvgIpc) is 3.02. The van der Waals surface area contributed by atoms with Crippen LogP contribution in [0.2, 0.25) is 0 Å². The van der Waals surface area contributed by atoms with Gasteiger partial charge in [0.05, 0.1) is 30.4 Å². The fraction of sp³-hybridized carbons (Fsp3) is 0.381. The van der Waals surface area contributed by atoms with Gasteiger partial charge in [-0.05, 0) is 43.5 Å². The van der Waals surface area contributed by atoms with E-state index >= 15 is 0 Å². The monoisotopic (exact) mass is 336 g/mol. The zero-order valence-corrected chi connectivity index (χ0v) is 14.9. The Morgan fingerprint density at radius 2 is 1.96 bits per heavy atom. The van der Waals surface area contributed by atoms with Crippen molar-refractivity contribution >= 4 is 23.0 Å². The highest BCUT2D eigenvalue weighted by molar-refractivity contribution is 5.85. The molecule has 2 aliphatic heterocycles. The summed E-state index contributed by atoms with van der Waals surface area (Å²) in [5.41, 5.74) is 6.56. The summed E-state index contributed by atoms with van der Waals surface area (Å²) in [6.45, 7) is 6.20. The van der Waals surface area contributed by atoms with E-state index in [2.05, 4.69) is 59.2 Å². The van der Waals surface area contributed by atoms with Gasteiger partial charge in [0.2, 0.25) is 0 Å². The van der Waals surface area contributed by atoms with Crippen molar-refractivity contribution < 1.29 is 9.53 Å². The molecule has 0 aliphatic carbocycles. The number of carbonyl (C=O) groups is 1. The SMILES string of the molecule is CCOC(=O)CCN1c2ccccc2N2CCc3cccc(c32)C1C. The van der Waals surface area contributed by atoms with Gasteiger partial charge >= 0.3 is 5.97 Å². The minimum atomic E-state index is -0.130. The molecular weight excluding hydrogens is 312 g/mol. The molecule has 1 unspecified atom stereocenters. The number of carbonyl (C=O) groups excluding carboxylic acids is 1. The van der Waals surface area contributed by atoms with Gasteiger partial charge in [-0.3, -0.25) is 4.79 Å². The Labute approximate surface area is 149 Å². The van der Waals surface area contributed by atoms with Crippen LogP contribution in [0.4, 0.5) is 17.1 Å². The molecule has 0 amide bonds. The third kappa shape index (κ3) is 2.66. The van der Waals surface area contributed by atoms with Crippen LogP contribution in [-0.4, -0.2) is 25.7 Å². The predicted octanol–water partition coefficient (Wildman–Crippen LogP) is 4.22. The van der Waals surface area contributed by atoms with Crippen molar-refractivity contribution in [3.05, 3.63) is 53.6 Å². The maximum atomic E-state index is 11.9. The molecule has 0 aromatic heterocycles. The van der Waals surface area contributed by atoms with Gasteiger partial charge in [-0.1, -0.05) is 30.3 Å². The summed E-state index contributed by atoms with van der Waals surface area (Å²) in [4.78, 5) is 16.7. The van der Waals surface area contributed by atoms with E-state index in [0.717, 1.165) is 13.0 Å². The number of anilines is 3. The molecule has 4 nitrogen and oxygen atoms in total. The lowest BCUT2D eigenvalue weighted by Gasteiger charge is -2.31.